The summed E-state index contributed by atoms with van der Waals surface area (Å²) in [5.74, 6) is -0.680. The van der Waals surface area contributed by atoms with Crippen LogP contribution in [-0.2, 0) is 19.1 Å². The van der Waals surface area contributed by atoms with E-state index in [1.165, 1.54) is 40.9 Å². The zero-order valence-electron chi connectivity index (χ0n) is 18.9. The van der Waals surface area contributed by atoms with E-state index in [9.17, 15) is 28.2 Å². The summed E-state index contributed by atoms with van der Waals surface area (Å²) in [4.78, 5) is 24.7. The lowest BCUT2D eigenvalue weighted by Crippen LogP contribution is -2.68. The summed E-state index contributed by atoms with van der Waals surface area (Å²) >= 11 is 1.25. The van der Waals surface area contributed by atoms with Crippen molar-refractivity contribution in [3.8, 4) is 5.75 Å². The molecule has 10 nitrogen and oxygen atoms in total. The van der Waals surface area contributed by atoms with E-state index >= 15 is 0 Å². The average Bonchev–Trinajstić information content (AvgIpc) is 2.85. The molecule has 12 heteroatoms. The number of carbonyl (C=O) groups is 1. The second kappa shape index (κ2) is 9.28. The van der Waals surface area contributed by atoms with Crippen molar-refractivity contribution >= 4 is 38.8 Å². The minimum absolute atomic E-state index is 0.0473. The molecule has 2 N–H and O–H groups in total. The SMILES string of the molecule is Cc1ccc(S(=O)(=O)O[C@H]2C(O)N3C(C(=O)O)=C(COc4ccc5ccc(=O)oc5c4)CS[C@H]23)cc1. The highest BCUT2D eigenvalue weighted by Crippen LogP contribution is 2.45. The molecule has 2 aliphatic rings. The first kappa shape index (κ1) is 24.4. The van der Waals surface area contributed by atoms with Crippen LogP contribution >= 0.6 is 11.8 Å². The van der Waals surface area contributed by atoms with Gasteiger partial charge < -0.3 is 24.3 Å². The minimum atomic E-state index is -4.16. The van der Waals surface area contributed by atoms with Gasteiger partial charge in [-0.25, -0.2) is 9.59 Å². The van der Waals surface area contributed by atoms with E-state index < -0.39 is 39.4 Å². The summed E-state index contributed by atoms with van der Waals surface area (Å²) in [5.41, 5.74) is 0.950. The van der Waals surface area contributed by atoms with Crippen molar-refractivity contribution in [3.63, 3.8) is 0 Å². The number of aryl methyl sites for hydroxylation is 1. The summed E-state index contributed by atoms with van der Waals surface area (Å²) < 4.78 is 41.6. The third-order valence-corrected chi connectivity index (χ3v) is 8.59. The molecule has 2 aromatic carbocycles. The number of rotatable bonds is 7. The lowest BCUT2D eigenvalue weighted by Gasteiger charge is -2.54. The highest BCUT2D eigenvalue weighted by Gasteiger charge is 2.55. The number of hydrogen-bond donors (Lipinski definition) is 2. The van der Waals surface area contributed by atoms with Gasteiger partial charge in [0.1, 0.15) is 29.0 Å². The summed E-state index contributed by atoms with van der Waals surface area (Å²) in [7, 11) is -4.16. The molecule has 0 saturated carbocycles. The number of nitrogens with zero attached hydrogens (tertiary/aromatic N) is 1. The van der Waals surface area contributed by atoms with Crippen LogP contribution < -0.4 is 10.4 Å². The standard InChI is InChI=1S/C24H21NO9S2/c1-13-2-7-17(8-3-13)36(30,31)34-21-22(27)25-20(24(28)29)15(12-35-23(21)25)11-32-16-6-4-14-5-9-19(26)33-18(14)10-16/h2-10,21-23,27H,11-12H2,1H3,(H,28,29)/t21-,22?,23+/m0/s1. The van der Waals surface area contributed by atoms with Gasteiger partial charge in [-0.3, -0.25) is 4.18 Å². The molecule has 1 fully saturated rings. The summed E-state index contributed by atoms with van der Waals surface area (Å²) in [5, 5.41) is 20.5. The van der Waals surface area contributed by atoms with Gasteiger partial charge in [0.25, 0.3) is 10.1 Å². The maximum absolute atomic E-state index is 12.7. The maximum Gasteiger partial charge on any atom is 0.352 e. The van der Waals surface area contributed by atoms with Crippen molar-refractivity contribution in [1.82, 2.24) is 4.90 Å². The molecule has 188 valence electrons. The van der Waals surface area contributed by atoms with Crippen LogP contribution in [0.5, 0.6) is 5.75 Å². The topological polar surface area (TPSA) is 144 Å². The molecule has 3 heterocycles. The zero-order valence-corrected chi connectivity index (χ0v) is 20.5. The number of carboxylic acids is 1. The molecule has 0 amide bonds. The zero-order chi connectivity index (χ0) is 25.6. The van der Waals surface area contributed by atoms with E-state index in [4.69, 9.17) is 13.3 Å². The highest BCUT2D eigenvalue weighted by molar-refractivity contribution is 8.00. The van der Waals surface area contributed by atoms with Crippen molar-refractivity contribution in [2.45, 2.75) is 29.5 Å². The van der Waals surface area contributed by atoms with Gasteiger partial charge in [0, 0.05) is 28.8 Å². The largest absolute Gasteiger partial charge is 0.489 e. The number of fused-ring (bicyclic) bond motifs is 2. The highest BCUT2D eigenvalue weighted by atomic mass is 32.2. The van der Waals surface area contributed by atoms with E-state index in [-0.39, 0.29) is 23.0 Å². The van der Waals surface area contributed by atoms with Crippen molar-refractivity contribution < 1.29 is 36.8 Å². The number of aliphatic hydroxyl groups is 1. The predicted octanol–water partition coefficient (Wildman–Crippen LogP) is 2.30. The first-order valence-electron chi connectivity index (χ1n) is 10.8. The van der Waals surface area contributed by atoms with Crippen LogP contribution in [0.1, 0.15) is 5.56 Å². The van der Waals surface area contributed by atoms with Gasteiger partial charge in [-0.05, 0) is 37.3 Å². The van der Waals surface area contributed by atoms with Gasteiger partial charge in [0.05, 0.1) is 4.90 Å². The lowest BCUT2D eigenvalue weighted by molar-refractivity contribution is -0.166. The smallest absolute Gasteiger partial charge is 0.352 e. The van der Waals surface area contributed by atoms with Gasteiger partial charge in [-0.2, -0.15) is 8.42 Å². The van der Waals surface area contributed by atoms with Gasteiger partial charge >= 0.3 is 11.6 Å². The third kappa shape index (κ3) is 4.48. The van der Waals surface area contributed by atoms with E-state index in [0.29, 0.717) is 22.3 Å². The van der Waals surface area contributed by atoms with Crippen LogP contribution in [0.25, 0.3) is 11.0 Å². The third-order valence-electron chi connectivity index (χ3n) is 5.91. The van der Waals surface area contributed by atoms with Crippen LogP contribution in [0, 0.1) is 6.92 Å². The van der Waals surface area contributed by atoms with Crippen LogP contribution in [0.3, 0.4) is 0 Å². The quantitative estimate of drug-likeness (QED) is 0.342. The summed E-state index contributed by atoms with van der Waals surface area (Å²) in [6.45, 7) is 1.72. The summed E-state index contributed by atoms with van der Waals surface area (Å²) in [6.07, 6.45) is -2.61. The molecule has 1 unspecified atom stereocenters. The molecule has 5 rings (SSSR count). The number of aliphatic hydroxyl groups excluding tert-OH is 1. The Balaban J connectivity index is 1.33. The van der Waals surface area contributed by atoms with Gasteiger partial charge in [0.15, 0.2) is 12.3 Å². The molecule has 3 aromatic rings. The number of aliphatic carboxylic acids is 1. The first-order valence-corrected chi connectivity index (χ1v) is 13.3. The predicted molar refractivity (Wildman–Crippen MR) is 130 cm³/mol. The fourth-order valence-corrected chi connectivity index (χ4v) is 6.58. The monoisotopic (exact) mass is 531 g/mol. The van der Waals surface area contributed by atoms with Crippen molar-refractivity contribution in [1.29, 1.82) is 0 Å². The number of hydrogen-bond acceptors (Lipinski definition) is 10. The van der Waals surface area contributed by atoms with E-state index in [1.54, 1.807) is 30.3 Å². The molecular formula is C24H21NO9S2. The molecule has 1 saturated heterocycles. The average molecular weight is 532 g/mol. The van der Waals surface area contributed by atoms with Gasteiger partial charge in [-0.15, -0.1) is 11.8 Å². The van der Waals surface area contributed by atoms with Crippen LogP contribution in [0.4, 0.5) is 0 Å². The molecule has 0 radical (unpaired) electrons. The van der Waals surface area contributed by atoms with Crippen molar-refractivity contribution in [2.24, 2.45) is 0 Å². The fraction of sp³-hybridized carbons (Fsp3) is 0.250. The first-order chi connectivity index (χ1) is 17.1. The van der Waals surface area contributed by atoms with E-state index in [2.05, 4.69) is 0 Å². The molecule has 36 heavy (non-hydrogen) atoms. The number of thioether (sulfide) groups is 1. The molecule has 3 atom stereocenters. The second-order valence-corrected chi connectivity index (χ2v) is 11.0. The molecular weight excluding hydrogens is 510 g/mol. The molecule has 0 spiro atoms. The Morgan fingerprint density at radius 3 is 2.61 bits per heavy atom. The Morgan fingerprint density at radius 1 is 1.17 bits per heavy atom. The number of ether oxygens (including phenoxy) is 1. The lowest BCUT2D eigenvalue weighted by atomic mass is 10.0. The molecule has 1 aromatic heterocycles. The van der Waals surface area contributed by atoms with Crippen molar-refractivity contribution in [2.75, 3.05) is 12.4 Å². The second-order valence-electron chi connectivity index (χ2n) is 8.35. The Kier molecular flexibility index (Phi) is 6.29. The fourth-order valence-electron chi connectivity index (χ4n) is 4.06. The van der Waals surface area contributed by atoms with E-state index in [1.807, 2.05) is 6.92 Å². The molecule has 0 aliphatic carbocycles. The molecule has 2 aliphatic heterocycles. The molecule has 0 bridgehead atoms. The van der Waals surface area contributed by atoms with Gasteiger partial charge in [-0.1, -0.05) is 17.7 Å². The normalized spacial score (nSPS) is 21.7. The maximum atomic E-state index is 12.7. The van der Waals surface area contributed by atoms with Crippen LogP contribution in [0.2, 0.25) is 0 Å². The van der Waals surface area contributed by atoms with Crippen LogP contribution in [0.15, 0.2) is 80.0 Å². The summed E-state index contributed by atoms with van der Waals surface area (Å²) in [6, 6.07) is 13.9. The number of benzene rings is 2. The minimum Gasteiger partial charge on any atom is -0.489 e. The Hall–Kier alpha value is -3.32. The Morgan fingerprint density at radius 2 is 1.89 bits per heavy atom. The van der Waals surface area contributed by atoms with Crippen LogP contribution in [-0.4, -0.2) is 59.6 Å². The van der Waals surface area contributed by atoms with Crippen molar-refractivity contribution in [3.05, 3.63) is 81.9 Å². The Bertz CT molecular complexity index is 1530. The van der Waals surface area contributed by atoms with E-state index in [0.717, 1.165) is 5.56 Å². The Labute approximate surface area is 209 Å². The van der Waals surface area contributed by atoms with Gasteiger partial charge in [0.2, 0.25) is 0 Å². The number of carboxylic acid groups (broad SMARTS) is 1.